The summed E-state index contributed by atoms with van der Waals surface area (Å²) in [5, 5.41) is 2.15. The van der Waals surface area contributed by atoms with Gasteiger partial charge in [0.25, 0.3) is 0 Å². The molecule has 1 aromatic heterocycles. The number of carbonyl (C=O) groups excluding carboxylic acids is 1. The van der Waals surface area contributed by atoms with E-state index >= 15 is 0 Å². The minimum absolute atomic E-state index is 0.0373. The smallest absolute Gasteiger partial charge is 0.313 e. The summed E-state index contributed by atoms with van der Waals surface area (Å²) in [5.41, 5.74) is -0.313. The van der Waals surface area contributed by atoms with Crippen LogP contribution in [0.25, 0.3) is 0 Å². The van der Waals surface area contributed by atoms with Crippen LogP contribution in [0.15, 0.2) is 17.5 Å². The Labute approximate surface area is 161 Å². The molecule has 0 unspecified atom stereocenters. The first kappa shape index (κ1) is 19.8. The van der Waals surface area contributed by atoms with E-state index in [4.69, 9.17) is 4.74 Å². The van der Waals surface area contributed by atoms with Crippen molar-refractivity contribution in [2.45, 2.75) is 26.3 Å². The van der Waals surface area contributed by atoms with Gasteiger partial charge in [-0.2, -0.15) is 0 Å². The minimum Gasteiger partial charge on any atom is -0.466 e. The fraction of sp³-hybridized carbons (Fsp3) is 0.750. The van der Waals surface area contributed by atoms with Crippen LogP contribution in [0.4, 0.5) is 0 Å². The Morgan fingerprint density at radius 1 is 1.38 bits per heavy atom. The van der Waals surface area contributed by atoms with Crippen molar-refractivity contribution in [3.05, 3.63) is 22.4 Å². The Kier molecular flexibility index (Phi) is 6.72. The summed E-state index contributed by atoms with van der Waals surface area (Å²) < 4.78 is 5.56. The number of likely N-dealkylation sites (tertiary alicyclic amines) is 2. The number of thiophene rings is 1. The van der Waals surface area contributed by atoms with Crippen LogP contribution in [0, 0.1) is 11.3 Å². The standard InChI is InChI=1S/C20H33N3O2S/c1-4-25-19(24)20-8-6-9-22(15-18-7-5-12-26-18)13-17(20)14-23(16-20)11-10-21(2)3/h5,7,12,17H,4,6,8-11,13-16H2,1-3H3/t17-,20-/m0/s1. The monoisotopic (exact) mass is 379 g/mol. The minimum atomic E-state index is -0.313. The van der Waals surface area contributed by atoms with Gasteiger partial charge in [0.05, 0.1) is 12.0 Å². The van der Waals surface area contributed by atoms with Crippen LogP contribution in [-0.2, 0) is 16.1 Å². The third kappa shape index (κ3) is 4.47. The summed E-state index contributed by atoms with van der Waals surface area (Å²) in [7, 11) is 4.22. The molecule has 0 aromatic carbocycles. The van der Waals surface area contributed by atoms with Gasteiger partial charge >= 0.3 is 5.97 Å². The lowest BCUT2D eigenvalue weighted by molar-refractivity contribution is -0.157. The van der Waals surface area contributed by atoms with Gasteiger partial charge in [-0.3, -0.25) is 9.69 Å². The van der Waals surface area contributed by atoms with Gasteiger partial charge in [0.1, 0.15) is 0 Å². The van der Waals surface area contributed by atoms with Crippen molar-refractivity contribution in [2.75, 3.05) is 60.0 Å². The maximum atomic E-state index is 13.0. The summed E-state index contributed by atoms with van der Waals surface area (Å²) in [6.45, 7) is 9.39. The molecule has 0 N–H and O–H groups in total. The fourth-order valence-corrected chi connectivity index (χ4v) is 5.25. The molecule has 1 aromatic rings. The predicted octanol–water partition coefficient (Wildman–Crippen LogP) is 2.39. The van der Waals surface area contributed by atoms with E-state index in [1.54, 1.807) is 0 Å². The van der Waals surface area contributed by atoms with Crippen molar-refractivity contribution in [3.8, 4) is 0 Å². The lowest BCUT2D eigenvalue weighted by Crippen LogP contribution is -2.42. The number of ether oxygens (including phenoxy) is 1. The van der Waals surface area contributed by atoms with Crippen LogP contribution in [0.3, 0.4) is 0 Å². The zero-order chi connectivity index (χ0) is 18.6. The number of fused-ring (bicyclic) bond motifs is 1. The lowest BCUT2D eigenvalue weighted by atomic mass is 9.75. The zero-order valence-electron chi connectivity index (χ0n) is 16.4. The molecule has 0 saturated carbocycles. The normalized spacial score (nSPS) is 27.5. The molecule has 2 saturated heterocycles. The molecule has 6 heteroatoms. The van der Waals surface area contributed by atoms with E-state index in [1.165, 1.54) is 4.88 Å². The third-order valence-electron chi connectivity index (χ3n) is 5.85. The molecule has 0 spiro atoms. The second-order valence-corrected chi connectivity index (χ2v) is 9.06. The molecule has 2 aliphatic heterocycles. The quantitative estimate of drug-likeness (QED) is 0.680. The summed E-state index contributed by atoms with van der Waals surface area (Å²) in [6, 6.07) is 4.34. The van der Waals surface area contributed by atoms with E-state index in [1.807, 2.05) is 18.3 Å². The molecule has 146 valence electrons. The Morgan fingerprint density at radius 2 is 2.19 bits per heavy atom. The van der Waals surface area contributed by atoms with Crippen molar-refractivity contribution in [1.29, 1.82) is 0 Å². The number of likely N-dealkylation sites (N-methyl/N-ethyl adjacent to an activating group) is 1. The molecule has 2 fully saturated rings. The number of carbonyl (C=O) groups is 1. The van der Waals surface area contributed by atoms with E-state index in [-0.39, 0.29) is 11.4 Å². The molecule has 2 aliphatic rings. The second-order valence-electron chi connectivity index (χ2n) is 8.03. The first-order valence-corrected chi connectivity index (χ1v) is 10.7. The van der Waals surface area contributed by atoms with Crippen molar-refractivity contribution in [2.24, 2.45) is 11.3 Å². The summed E-state index contributed by atoms with van der Waals surface area (Å²) >= 11 is 1.82. The third-order valence-corrected chi connectivity index (χ3v) is 6.71. The average molecular weight is 380 g/mol. The number of hydrogen-bond donors (Lipinski definition) is 0. The van der Waals surface area contributed by atoms with Gasteiger partial charge in [0, 0.05) is 50.1 Å². The molecule has 26 heavy (non-hydrogen) atoms. The highest BCUT2D eigenvalue weighted by molar-refractivity contribution is 7.09. The highest BCUT2D eigenvalue weighted by atomic mass is 32.1. The topological polar surface area (TPSA) is 36.0 Å². The van der Waals surface area contributed by atoms with Crippen LogP contribution in [-0.4, -0.2) is 80.6 Å². The molecule has 2 atom stereocenters. The van der Waals surface area contributed by atoms with Gasteiger partial charge < -0.3 is 14.5 Å². The highest BCUT2D eigenvalue weighted by Gasteiger charge is 2.53. The zero-order valence-corrected chi connectivity index (χ0v) is 17.3. The lowest BCUT2D eigenvalue weighted by Gasteiger charge is -2.31. The van der Waals surface area contributed by atoms with Crippen LogP contribution < -0.4 is 0 Å². The fourth-order valence-electron chi connectivity index (χ4n) is 4.50. The number of nitrogens with zero attached hydrogens (tertiary/aromatic N) is 3. The van der Waals surface area contributed by atoms with Gasteiger partial charge in [0.15, 0.2) is 0 Å². The van der Waals surface area contributed by atoms with E-state index in [2.05, 4.69) is 46.3 Å². The van der Waals surface area contributed by atoms with Crippen molar-refractivity contribution < 1.29 is 9.53 Å². The van der Waals surface area contributed by atoms with Gasteiger partial charge in [0.2, 0.25) is 0 Å². The molecule has 3 rings (SSSR count). The van der Waals surface area contributed by atoms with Crippen LogP contribution in [0.5, 0.6) is 0 Å². The largest absolute Gasteiger partial charge is 0.466 e. The maximum absolute atomic E-state index is 13.0. The van der Waals surface area contributed by atoms with Gasteiger partial charge in [-0.1, -0.05) is 6.07 Å². The molecule has 0 radical (unpaired) electrons. The molecular weight excluding hydrogens is 346 g/mol. The molecule has 0 amide bonds. The molecule has 5 nitrogen and oxygen atoms in total. The molecule has 3 heterocycles. The summed E-state index contributed by atoms with van der Waals surface area (Å²) in [5.74, 6) is 0.404. The van der Waals surface area contributed by atoms with Gasteiger partial charge in [-0.25, -0.2) is 0 Å². The van der Waals surface area contributed by atoms with E-state index < -0.39 is 0 Å². The van der Waals surface area contributed by atoms with Crippen molar-refractivity contribution in [1.82, 2.24) is 14.7 Å². The van der Waals surface area contributed by atoms with Gasteiger partial charge in [-0.05, 0) is 51.9 Å². The SMILES string of the molecule is CCOC(=O)[C@]12CCCN(Cc3cccs3)C[C@H]1CN(CCN(C)C)C2. The highest BCUT2D eigenvalue weighted by Crippen LogP contribution is 2.44. The number of hydrogen-bond acceptors (Lipinski definition) is 6. The van der Waals surface area contributed by atoms with Crippen LogP contribution >= 0.6 is 11.3 Å². The molecule has 0 bridgehead atoms. The Bertz CT molecular complexity index is 578. The van der Waals surface area contributed by atoms with E-state index in [0.29, 0.717) is 12.5 Å². The predicted molar refractivity (Wildman–Crippen MR) is 106 cm³/mol. The van der Waals surface area contributed by atoms with E-state index in [9.17, 15) is 4.79 Å². The van der Waals surface area contributed by atoms with E-state index in [0.717, 1.165) is 58.7 Å². The summed E-state index contributed by atoms with van der Waals surface area (Å²) in [6.07, 6.45) is 2.03. The van der Waals surface area contributed by atoms with Crippen LogP contribution in [0.2, 0.25) is 0 Å². The number of esters is 1. The Morgan fingerprint density at radius 3 is 2.88 bits per heavy atom. The number of rotatable bonds is 7. The average Bonchev–Trinajstić information content (AvgIpc) is 3.18. The Balaban J connectivity index is 1.73. The first-order valence-electron chi connectivity index (χ1n) is 9.82. The Hall–Kier alpha value is -0.950. The summed E-state index contributed by atoms with van der Waals surface area (Å²) in [4.78, 5) is 21.6. The van der Waals surface area contributed by atoms with Gasteiger partial charge in [-0.15, -0.1) is 11.3 Å². The maximum Gasteiger partial charge on any atom is 0.313 e. The first-order chi connectivity index (χ1) is 12.5. The molecule has 0 aliphatic carbocycles. The second kappa shape index (κ2) is 8.83. The molecular formula is C20H33N3O2S. The van der Waals surface area contributed by atoms with Crippen LogP contribution in [0.1, 0.15) is 24.6 Å². The van der Waals surface area contributed by atoms with Crippen molar-refractivity contribution in [3.63, 3.8) is 0 Å². The van der Waals surface area contributed by atoms with Crippen molar-refractivity contribution >= 4 is 17.3 Å².